The van der Waals surface area contributed by atoms with Gasteiger partial charge in [0.05, 0.1) is 18.3 Å². The first-order valence-electron chi connectivity index (χ1n) is 7.30. The molecule has 112 valence electrons. The van der Waals surface area contributed by atoms with E-state index in [1.807, 2.05) is 26.1 Å². The standard InChI is InChI=1S/C16H21N3O2/c1-10-7-13(10)15-6-5-12(21-15)9-18(3)16(20)14-8-17-19(4)11(14)2/h5-6,8,10,13H,7,9H2,1-4H3/t10-,13+/m1/s1. The summed E-state index contributed by atoms with van der Waals surface area (Å²) < 4.78 is 7.56. The first-order valence-corrected chi connectivity index (χ1v) is 7.30. The number of nitrogens with zero attached hydrogens (tertiary/aromatic N) is 3. The number of furan rings is 1. The molecule has 0 spiro atoms. The SMILES string of the molecule is Cc1c(C(=O)N(C)Cc2ccc([C@H]3C[C@H]3C)o2)cnn1C. The van der Waals surface area contributed by atoms with Crippen LogP contribution in [0, 0.1) is 12.8 Å². The summed E-state index contributed by atoms with van der Waals surface area (Å²) in [6.07, 6.45) is 2.82. The average Bonchev–Trinajstić information content (AvgIpc) is 2.85. The molecule has 2 aromatic rings. The summed E-state index contributed by atoms with van der Waals surface area (Å²) in [6.45, 7) is 4.61. The smallest absolute Gasteiger partial charge is 0.257 e. The van der Waals surface area contributed by atoms with Crippen molar-refractivity contribution in [2.24, 2.45) is 13.0 Å². The van der Waals surface area contributed by atoms with Crippen LogP contribution < -0.4 is 0 Å². The third kappa shape index (κ3) is 2.60. The fraction of sp³-hybridized carbons (Fsp3) is 0.500. The van der Waals surface area contributed by atoms with Gasteiger partial charge in [0.2, 0.25) is 0 Å². The van der Waals surface area contributed by atoms with Crippen molar-refractivity contribution in [3.05, 3.63) is 41.1 Å². The Kier molecular flexibility index (Phi) is 3.35. The van der Waals surface area contributed by atoms with Crippen molar-refractivity contribution in [1.29, 1.82) is 0 Å². The van der Waals surface area contributed by atoms with Gasteiger partial charge in [-0.1, -0.05) is 6.92 Å². The Morgan fingerprint density at radius 3 is 2.81 bits per heavy atom. The lowest BCUT2D eigenvalue weighted by Crippen LogP contribution is -2.26. The van der Waals surface area contributed by atoms with Gasteiger partial charge in [-0.25, -0.2) is 0 Å². The number of carbonyl (C=O) groups excluding carboxylic acids is 1. The molecule has 3 rings (SSSR count). The average molecular weight is 287 g/mol. The monoisotopic (exact) mass is 287 g/mol. The molecule has 2 atom stereocenters. The van der Waals surface area contributed by atoms with Crippen molar-refractivity contribution in [3.8, 4) is 0 Å². The van der Waals surface area contributed by atoms with Crippen molar-refractivity contribution in [1.82, 2.24) is 14.7 Å². The molecule has 0 N–H and O–H groups in total. The lowest BCUT2D eigenvalue weighted by atomic mass is 10.2. The van der Waals surface area contributed by atoms with E-state index in [9.17, 15) is 4.79 Å². The number of aromatic nitrogens is 2. The summed E-state index contributed by atoms with van der Waals surface area (Å²) >= 11 is 0. The molecule has 1 aliphatic carbocycles. The van der Waals surface area contributed by atoms with Crippen molar-refractivity contribution in [2.75, 3.05) is 7.05 Å². The number of aryl methyl sites for hydroxylation is 1. The predicted octanol–water partition coefficient (Wildman–Crippen LogP) is 2.72. The van der Waals surface area contributed by atoms with Gasteiger partial charge in [-0.3, -0.25) is 9.48 Å². The van der Waals surface area contributed by atoms with Gasteiger partial charge in [0.15, 0.2) is 0 Å². The fourth-order valence-electron chi connectivity index (χ4n) is 2.62. The third-order valence-electron chi connectivity index (χ3n) is 4.36. The van der Waals surface area contributed by atoms with E-state index in [-0.39, 0.29) is 5.91 Å². The van der Waals surface area contributed by atoms with Crippen LogP contribution in [-0.4, -0.2) is 27.6 Å². The number of amides is 1. The van der Waals surface area contributed by atoms with Crippen LogP contribution in [0.4, 0.5) is 0 Å². The predicted molar refractivity (Wildman–Crippen MR) is 79.0 cm³/mol. The van der Waals surface area contributed by atoms with Gasteiger partial charge in [-0.15, -0.1) is 0 Å². The van der Waals surface area contributed by atoms with Gasteiger partial charge in [0, 0.05) is 25.7 Å². The zero-order valence-electron chi connectivity index (χ0n) is 13.0. The van der Waals surface area contributed by atoms with Crippen molar-refractivity contribution in [2.45, 2.75) is 32.7 Å². The van der Waals surface area contributed by atoms with E-state index in [2.05, 4.69) is 12.0 Å². The molecule has 0 saturated heterocycles. The number of carbonyl (C=O) groups is 1. The largest absolute Gasteiger partial charge is 0.464 e. The summed E-state index contributed by atoms with van der Waals surface area (Å²) in [5.74, 6) is 3.15. The summed E-state index contributed by atoms with van der Waals surface area (Å²) in [5.41, 5.74) is 1.52. The van der Waals surface area contributed by atoms with Crippen LogP contribution in [0.15, 0.2) is 22.7 Å². The van der Waals surface area contributed by atoms with Gasteiger partial charge in [0.25, 0.3) is 5.91 Å². The van der Waals surface area contributed by atoms with Crippen LogP contribution in [-0.2, 0) is 13.6 Å². The quantitative estimate of drug-likeness (QED) is 0.868. The molecule has 0 bridgehead atoms. The minimum Gasteiger partial charge on any atom is -0.464 e. The topological polar surface area (TPSA) is 51.3 Å². The summed E-state index contributed by atoms with van der Waals surface area (Å²) in [5, 5.41) is 4.12. The highest BCUT2D eigenvalue weighted by atomic mass is 16.3. The van der Waals surface area contributed by atoms with Crippen LogP contribution in [0.2, 0.25) is 0 Å². The Balaban J connectivity index is 1.68. The van der Waals surface area contributed by atoms with Crippen LogP contribution in [0.1, 0.15) is 46.8 Å². The van der Waals surface area contributed by atoms with Crippen LogP contribution >= 0.6 is 0 Å². The molecular formula is C16H21N3O2. The van der Waals surface area contributed by atoms with Crippen molar-refractivity contribution in [3.63, 3.8) is 0 Å². The minimum absolute atomic E-state index is 0.0293. The Bertz CT molecular complexity index is 671. The maximum absolute atomic E-state index is 12.4. The highest BCUT2D eigenvalue weighted by Crippen LogP contribution is 2.47. The minimum atomic E-state index is -0.0293. The second kappa shape index (κ2) is 5.06. The van der Waals surface area contributed by atoms with E-state index in [1.165, 1.54) is 6.42 Å². The second-order valence-corrected chi connectivity index (χ2v) is 6.05. The highest BCUT2D eigenvalue weighted by molar-refractivity contribution is 5.94. The first-order chi connectivity index (χ1) is 9.97. The molecule has 2 heterocycles. The third-order valence-corrected chi connectivity index (χ3v) is 4.36. The molecule has 1 fully saturated rings. The molecule has 5 nitrogen and oxygen atoms in total. The second-order valence-electron chi connectivity index (χ2n) is 6.05. The molecule has 0 unspecified atom stereocenters. The van der Waals surface area contributed by atoms with Gasteiger partial charge < -0.3 is 9.32 Å². The number of rotatable bonds is 4. The maximum atomic E-state index is 12.4. The van der Waals surface area contributed by atoms with E-state index >= 15 is 0 Å². The maximum Gasteiger partial charge on any atom is 0.257 e. The molecule has 0 radical (unpaired) electrons. The number of hydrogen-bond donors (Lipinski definition) is 0. The highest BCUT2D eigenvalue weighted by Gasteiger charge is 2.36. The Hall–Kier alpha value is -2.04. The first kappa shape index (κ1) is 13.9. The number of hydrogen-bond acceptors (Lipinski definition) is 3. The molecule has 0 aromatic carbocycles. The molecule has 1 amide bonds. The Morgan fingerprint density at radius 2 is 2.24 bits per heavy atom. The molecule has 21 heavy (non-hydrogen) atoms. The summed E-state index contributed by atoms with van der Waals surface area (Å²) in [7, 11) is 3.62. The van der Waals surface area contributed by atoms with E-state index in [0.29, 0.717) is 18.0 Å². The van der Waals surface area contributed by atoms with Crippen LogP contribution in [0.25, 0.3) is 0 Å². The Morgan fingerprint density at radius 1 is 1.52 bits per heavy atom. The fourth-order valence-corrected chi connectivity index (χ4v) is 2.62. The summed E-state index contributed by atoms with van der Waals surface area (Å²) in [6, 6.07) is 4.01. The molecule has 5 heteroatoms. The zero-order chi connectivity index (χ0) is 15.1. The normalized spacial score (nSPS) is 20.6. The molecule has 1 aliphatic rings. The van der Waals surface area contributed by atoms with E-state index < -0.39 is 0 Å². The van der Waals surface area contributed by atoms with Crippen LogP contribution in [0.5, 0.6) is 0 Å². The molecular weight excluding hydrogens is 266 g/mol. The van der Waals surface area contributed by atoms with E-state index in [1.54, 1.807) is 22.8 Å². The Labute approximate surface area is 124 Å². The van der Waals surface area contributed by atoms with Crippen LogP contribution in [0.3, 0.4) is 0 Å². The van der Waals surface area contributed by atoms with Crippen molar-refractivity contribution >= 4 is 5.91 Å². The lowest BCUT2D eigenvalue weighted by molar-refractivity contribution is 0.0774. The van der Waals surface area contributed by atoms with Gasteiger partial charge in [-0.2, -0.15) is 5.10 Å². The lowest BCUT2D eigenvalue weighted by Gasteiger charge is -2.15. The van der Waals surface area contributed by atoms with Gasteiger partial charge >= 0.3 is 0 Å². The molecule has 0 aliphatic heterocycles. The van der Waals surface area contributed by atoms with E-state index in [0.717, 1.165) is 23.1 Å². The van der Waals surface area contributed by atoms with Gasteiger partial charge in [-0.05, 0) is 31.4 Å². The van der Waals surface area contributed by atoms with Crippen molar-refractivity contribution < 1.29 is 9.21 Å². The van der Waals surface area contributed by atoms with E-state index in [4.69, 9.17) is 4.42 Å². The molecule has 1 saturated carbocycles. The zero-order valence-corrected chi connectivity index (χ0v) is 13.0. The molecule has 2 aromatic heterocycles. The van der Waals surface area contributed by atoms with Gasteiger partial charge in [0.1, 0.15) is 11.5 Å². The summed E-state index contributed by atoms with van der Waals surface area (Å²) in [4.78, 5) is 14.1.